The zero-order valence-electron chi connectivity index (χ0n) is 12.9. The van der Waals surface area contributed by atoms with Crippen molar-refractivity contribution in [2.75, 3.05) is 10.7 Å². The van der Waals surface area contributed by atoms with Gasteiger partial charge in [-0.1, -0.05) is 54.2 Å². The lowest BCUT2D eigenvalue weighted by Crippen LogP contribution is -2.29. The normalized spacial score (nSPS) is 14.6. The SMILES string of the molecule is Cc1ccc(COCc2ccccc2)c(N2C(=N)SCC2=O)c1. The summed E-state index contributed by atoms with van der Waals surface area (Å²) in [7, 11) is 0. The average Bonchev–Trinajstić information content (AvgIpc) is 2.89. The van der Waals surface area contributed by atoms with Gasteiger partial charge in [-0.3, -0.25) is 15.1 Å². The molecular formula is C18H18N2O2S. The smallest absolute Gasteiger partial charge is 0.243 e. The molecular weight excluding hydrogens is 308 g/mol. The number of nitrogens with one attached hydrogen (secondary N) is 1. The Hall–Kier alpha value is -2.11. The first-order valence-electron chi connectivity index (χ1n) is 7.40. The zero-order valence-corrected chi connectivity index (χ0v) is 13.7. The van der Waals surface area contributed by atoms with Gasteiger partial charge < -0.3 is 4.74 Å². The molecule has 1 N–H and O–H groups in total. The van der Waals surface area contributed by atoms with Crippen LogP contribution < -0.4 is 4.90 Å². The van der Waals surface area contributed by atoms with Crippen LogP contribution in [0.2, 0.25) is 0 Å². The molecule has 23 heavy (non-hydrogen) atoms. The summed E-state index contributed by atoms with van der Waals surface area (Å²) < 4.78 is 5.80. The van der Waals surface area contributed by atoms with Crippen molar-refractivity contribution in [1.29, 1.82) is 5.41 Å². The van der Waals surface area contributed by atoms with Gasteiger partial charge in [0.05, 0.1) is 24.7 Å². The summed E-state index contributed by atoms with van der Waals surface area (Å²) in [6.07, 6.45) is 0. The quantitative estimate of drug-likeness (QED) is 0.911. The number of amides is 1. The van der Waals surface area contributed by atoms with Crippen LogP contribution in [0.5, 0.6) is 0 Å². The van der Waals surface area contributed by atoms with E-state index in [1.807, 2.05) is 55.5 Å². The van der Waals surface area contributed by atoms with Gasteiger partial charge in [-0.25, -0.2) is 0 Å². The predicted octanol–water partition coefficient (Wildman–Crippen LogP) is 3.73. The summed E-state index contributed by atoms with van der Waals surface area (Å²) in [5.41, 5.74) is 3.86. The number of aryl methyl sites for hydroxylation is 1. The van der Waals surface area contributed by atoms with E-state index >= 15 is 0 Å². The predicted molar refractivity (Wildman–Crippen MR) is 93.8 cm³/mol. The Bertz CT molecular complexity index is 715. The summed E-state index contributed by atoms with van der Waals surface area (Å²) in [6.45, 7) is 2.91. The fraction of sp³-hybridized carbons (Fsp3) is 0.222. The lowest BCUT2D eigenvalue weighted by Gasteiger charge is -2.20. The van der Waals surface area contributed by atoms with Crippen molar-refractivity contribution < 1.29 is 9.53 Å². The van der Waals surface area contributed by atoms with Crippen LogP contribution in [0.4, 0.5) is 5.69 Å². The second kappa shape index (κ2) is 6.98. The molecule has 1 heterocycles. The molecule has 0 aliphatic carbocycles. The average molecular weight is 326 g/mol. The van der Waals surface area contributed by atoms with Crippen LogP contribution in [0.3, 0.4) is 0 Å². The van der Waals surface area contributed by atoms with E-state index in [1.165, 1.54) is 16.7 Å². The van der Waals surface area contributed by atoms with Crippen molar-refractivity contribution in [2.45, 2.75) is 20.1 Å². The van der Waals surface area contributed by atoms with Gasteiger partial charge in [-0.2, -0.15) is 0 Å². The third-order valence-electron chi connectivity index (χ3n) is 3.64. The summed E-state index contributed by atoms with van der Waals surface area (Å²) >= 11 is 1.26. The van der Waals surface area contributed by atoms with Gasteiger partial charge in [0.2, 0.25) is 5.91 Å². The first-order chi connectivity index (χ1) is 11.1. The number of amidine groups is 1. The van der Waals surface area contributed by atoms with E-state index < -0.39 is 0 Å². The standard InChI is InChI=1S/C18H18N2O2S/c1-13-7-8-15(11-22-10-14-5-3-2-4-6-14)16(9-13)20-17(21)12-23-18(20)19/h2-9,19H,10-12H2,1H3. The number of hydrogen-bond acceptors (Lipinski definition) is 4. The number of carbonyl (C=O) groups is 1. The highest BCUT2D eigenvalue weighted by Crippen LogP contribution is 2.30. The van der Waals surface area contributed by atoms with Gasteiger partial charge >= 0.3 is 0 Å². The minimum Gasteiger partial charge on any atom is -0.372 e. The van der Waals surface area contributed by atoms with Gasteiger partial charge in [0, 0.05) is 5.56 Å². The van der Waals surface area contributed by atoms with E-state index in [9.17, 15) is 4.79 Å². The van der Waals surface area contributed by atoms with Crippen molar-refractivity contribution in [3.05, 3.63) is 65.2 Å². The molecule has 1 aliphatic heterocycles. The van der Waals surface area contributed by atoms with Crippen molar-refractivity contribution in [3.8, 4) is 0 Å². The summed E-state index contributed by atoms with van der Waals surface area (Å²) in [5, 5.41) is 8.26. The van der Waals surface area contributed by atoms with Gasteiger partial charge in [-0.15, -0.1) is 0 Å². The highest BCUT2D eigenvalue weighted by Gasteiger charge is 2.29. The molecule has 1 amide bonds. The number of benzene rings is 2. The molecule has 0 atom stereocenters. The lowest BCUT2D eigenvalue weighted by molar-refractivity contribution is -0.115. The number of thioether (sulfide) groups is 1. The summed E-state index contributed by atoms with van der Waals surface area (Å²) in [6, 6.07) is 15.9. The van der Waals surface area contributed by atoms with Crippen LogP contribution in [0.15, 0.2) is 48.5 Å². The Labute approximate surface area is 140 Å². The molecule has 0 bridgehead atoms. The largest absolute Gasteiger partial charge is 0.372 e. The van der Waals surface area contributed by atoms with Crippen LogP contribution in [0.25, 0.3) is 0 Å². The Kier molecular flexibility index (Phi) is 4.79. The van der Waals surface area contributed by atoms with Crippen molar-refractivity contribution in [3.63, 3.8) is 0 Å². The van der Waals surface area contributed by atoms with E-state index in [0.29, 0.717) is 19.0 Å². The topological polar surface area (TPSA) is 53.4 Å². The first kappa shape index (κ1) is 15.8. The monoisotopic (exact) mass is 326 g/mol. The molecule has 1 aliphatic rings. The van der Waals surface area contributed by atoms with Crippen LogP contribution in [0, 0.1) is 12.3 Å². The summed E-state index contributed by atoms with van der Waals surface area (Å²) in [5.74, 6) is 0.284. The molecule has 4 nitrogen and oxygen atoms in total. The van der Waals surface area contributed by atoms with Crippen molar-refractivity contribution in [1.82, 2.24) is 0 Å². The molecule has 5 heteroatoms. The minimum atomic E-state index is -0.0464. The molecule has 0 aromatic heterocycles. The maximum absolute atomic E-state index is 12.1. The first-order valence-corrected chi connectivity index (χ1v) is 8.39. The van der Waals surface area contributed by atoms with Crippen molar-refractivity contribution >= 4 is 28.5 Å². The van der Waals surface area contributed by atoms with E-state index in [1.54, 1.807) is 0 Å². The Morgan fingerprint density at radius 2 is 1.96 bits per heavy atom. The molecule has 0 unspecified atom stereocenters. The lowest BCUT2D eigenvalue weighted by atomic mass is 10.1. The molecule has 118 valence electrons. The molecule has 1 saturated heterocycles. The molecule has 1 fully saturated rings. The van der Waals surface area contributed by atoms with Gasteiger partial charge in [0.15, 0.2) is 5.17 Å². The van der Waals surface area contributed by atoms with Crippen molar-refractivity contribution in [2.24, 2.45) is 0 Å². The maximum atomic E-state index is 12.1. The number of ether oxygens (including phenoxy) is 1. The molecule has 0 radical (unpaired) electrons. The Morgan fingerprint density at radius 3 is 2.65 bits per heavy atom. The maximum Gasteiger partial charge on any atom is 0.243 e. The van der Waals surface area contributed by atoms with Crippen LogP contribution in [-0.2, 0) is 22.7 Å². The van der Waals surface area contributed by atoms with E-state index in [2.05, 4.69) is 0 Å². The number of nitrogens with zero attached hydrogens (tertiary/aromatic N) is 1. The van der Waals surface area contributed by atoms with E-state index in [-0.39, 0.29) is 11.1 Å². The fourth-order valence-electron chi connectivity index (χ4n) is 2.47. The fourth-order valence-corrected chi connectivity index (χ4v) is 3.19. The molecule has 0 saturated carbocycles. The number of rotatable bonds is 5. The third kappa shape index (κ3) is 3.63. The highest BCUT2D eigenvalue weighted by molar-refractivity contribution is 8.15. The van der Waals surface area contributed by atoms with E-state index in [4.69, 9.17) is 10.1 Å². The second-order valence-corrected chi connectivity index (χ2v) is 6.40. The molecule has 0 spiro atoms. The number of hydrogen-bond donors (Lipinski definition) is 1. The highest BCUT2D eigenvalue weighted by atomic mass is 32.2. The third-order valence-corrected chi connectivity index (χ3v) is 4.48. The van der Waals surface area contributed by atoms with Crippen LogP contribution in [-0.4, -0.2) is 16.8 Å². The van der Waals surface area contributed by atoms with Crippen LogP contribution in [0.1, 0.15) is 16.7 Å². The number of carbonyl (C=O) groups excluding carboxylic acids is 1. The Morgan fingerprint density at radius 1 is 1.17 bits per heavy atom. The molecule has 3 rings (SSSR count). The van der Waals surface area contributed by atoms with Gasteiger partial charge in [0.25, 0.3) is 0 Å². The minimum absolute atomic E-state index is 0.0464. The molecule has 2 aromatic carbocycles. The summed E-state index contributed by atoms with van der Waals surface area (Å²) in [4.78, 5) is 13.6. The van der Waals surface area contributed by atoms with Crippen LogP contribution >= 0.6 is 11.8 Å². The van der Waals surface area contributed by atoms with E-state index in [0.717, 1.165) is 22.4 Å². The zero-order chi connectivity index (χ0) is 16.2. The second-order valence-electron chi connectivity index (χ2n) is 5.43. The molecule has 2 aromatic rings. The number of anilines is 1. The van der Waals surface area contributed by atoms with Gasteiger partial charge in [-0.05, 0) is 24.1 Å². The Balaban J connectivity index is 1.77. The van der Waals surface area contributed by atoms with Gasteiger partial charge in [0.1, 0.15) is 0 Å².